The molecule has 3 N–H and O–H groups in total. The lowest BCUT2D eigenvalue weighted by Gasteiger charge is -2.11. The molecule has 0 aliphatic carbocycles. The van der Waals surface area contributed by atoms with Crippen molar-refractivity contribution in [3.63, 3.8) is 0 Å². The molecular formula is C20H20F5N7O3. The number of hydrogen-bond donors (Lipinski definition) is 2. The number of anilines is 1. The van der Waals surface area contributed by atoms with Gasteiger partial charge in [0.15, 0.2) is 0 Å². The van der Waals surface area contributed by atoms with Gasteiger partial charge in [-0.25, -0.2) is 28.8 Å². The highest BCUT2D eigenvalue weighted by molar-refractivity contribution is 5.73. The first-order valence-corrected chi connectivity index (χ1v) is 9.63. The fraction of sp³-hybridized carbons (Fsp3) is 0.250. The lowest BCUT2D eigenvalue weighted by molar-refractivity contribution is -0.192. The van der Waals surface area contributed by atoms with Crippen LogP contribution in [0.5, 0.6) is 0 Å². The zero-order valence-corrected chi connectivity index (χ0v) is 18.4. The van der Waals surface area contributed by atoms with Crippen LogP contribution in [0, 0.1) is 0 Å². The Hall–Kier alpha value is -4.14. The highest BCUT2D eigenvalue weighted by Gasteiger charge is 2.38. The second kappa shape index (κ2) is 11.3. The molecule has 0 aliphatic heterocycles. The van der Waals surface area contributed by atoms with Gasteiger partial charge in [-0.2, -0.15) is 27.1 Å². The Morgan fingerprint density at radius 2 is 1.80 bits per heavy atom. The second-order valence-electron chi connectivity index (χ2n) is 7.01. The third-order valence-electron chi connectivity index (χ3n) is 4.36. The molecule has 0 aliphatic rings. The smallest absolute Gasteiger partial charge is 0.475 e. The number of pyridine rings is 2. The van der Waals surface area contributed by atoms with E-state index in [4.69, 9.17) is 15.6 Å². The van der Waals surface area contributed by atoms with Crippen molar-refractivity contribution in [1.29, 1.82) is 0 Å². The third kappa shape index (κ3) is 7.17. The van der Waals surface area contributed by atoms with Crippen molar-refractivity contribution in [3.05, 3.63) is 65.1 Å². The third-order valence-corrected chi connectivity index (χ3v) is 4.36. The first-order valence-electron chi connectivity index (χ1n) is 9.63. The number of halogens is 5. The van der Waals surface area contributed by atoms with Gasteiger partial charge in [-0.1, -0.05) is 0 Å². The van der Waals surface area contributed by atoms with Crippen molar-refractivity contribution in [1.82, 2.24) is 24.3 Å². The van der Waals surface area contributed by atoms with E-state index in [9.17, 15) is 26.7 Å². The first kappa shape index (κ1) is 27.1. The average molecular weight is 501 g/mol. The second-order valence-corrected chi connectivity index (χ2v) is 7.01. The SMILES string of the molecule is CN(C)c1ccc(-c2ccnc(-n3cnn(CC(CN)=C(F)F)c3=O)c2)cn1.O=C(O)C(F)(F)F. The van der Waals surface area contributed by atoms with Gasteiger partial charge in [-0.05, 0) is 29.8 Å². The molecule has 0 unspecified atom stereocenters. The number of alkyl halides is 3. The Bertz CT molecular complexity index is 1250. The maximum atomic E-state index is 12.8. The Kier molecular flexibility index (Phi) is 8.77. The maximum Gasteiger partial charge on any atom is 0.490 e. The lowest BCUT2D eigenvalue weighted by Crippen LogP contribution is -2.26. The van der Waals surface area contributed by atoms with Gasteiger partial charge in [0.2, 0.25) is 0 Å². The maximum absolute atomic E-state index is 12.8. The van der Waals surface area contributed by atoms with Crippen molar-refractivity contribution in [2.45, 2.75) is 12.7 Å². The summed E-state index contributed by atoms with van der Waals surface area (Å²) in [6, 6.07) is 7.29. The minimum atomic E-state index is -5.08. The van der Waals surface area contributed by atoms with Crippen LogP contribution < -0.4 is 16.3 Å². The van der Waals surface area contributed by atoms with E-state index in [1.165, 1.54) is 10.9 Å². The molecule has 10 nitrogen and oxygen atoms in total. The molecule has 0 saturated carbocycles. The monoisotopic (exact) mass is 501 g/mol. The van der Waals surface area contributed by atoms with Crippen molar-refractivity contribution in [3.8, 4) is 16.9 Å². The van der Waals surface area contributed by atoms with Crippen LogP contribution in [-0.4, -0.2) is 62.2 Å². The predicted molar refractivity (Wildman–Crippen MR) is 115 cm³/mol. The van der Waals surface area contributed by atoms with Crippen LogP contribution >= 0.6 is 0 Å². The minimum absolute atomic E-state index is 0.324. The van der Waals surface area contributed by atoms with Crippen LogP contribution in [0.3, 0.4) is 0 Å². The van der Waals surface area contributed by atoms with E-state index < -0.39 is 23.9 Å². The summed E-state index contributed by atoms with van der Waals surface area (Å²) in [7, 11) is 3.80. The summed E-state index contributed by atoms with van der Waals surface area (Å²) in [6.45, 7) is -0.731. The molecule has 0 radical (unpaired) electrons. The summed E-state index contributed by atoms with van der Waals surface area (Å²) in [5.74, 6) is -1.61. The molecule has 0 atom stereocenters. The highest BCUT2D eigenvalue weighted by Crippen LogP contribution is 2.21. The first-order chi connectivity index (χ1) is 16.3. The van der Waals surface area contributed by atoms with Crippen molar-refractivity contribution in [2.24, 2.45) is 5.73 Å². The zero-order valence-electron chi connectivity index (χ0n) is 18.4. The molecule has 0 fully saturated rings. The molecule has 3 heterocycles. The molecule has 0 bridgehead atoms. The molecule has 15 heteroatoms. The van der Waals surface area contributed by atoms with Gasteiger partial charge in [0.1, 0.15) is 18.0 Å². The summed E-state index contributed by atoms with van der Waals surface area (Å²) in [5, 5.41) is 11.0. The Balaban J connectivity index is 0.000000540. The van der Waals surface area contributed by atoms with Crippen LogP contribution in [0.25, 0.3) is 16.9 Å². The number of rotatable bonds is 6. The Morgan fingerprint density at radius 1 is 1.14 bits per heavy atom. The zero-order chi connectivity index (χ0) is 26.3. The van der Waals surface area contributed by atoms with Crippen LogP contribution in [0.2, 0.25) is 0 Å². The van der Waals surface area contributed by atoms with Gasteiger partial charge < -0.3 is 15.7 Å². The number of nitrogens with zero attached hydrogens (tertiary/aromatic N) is 6. The van der Waals surface area contributed by atoms with Crippen molar-refractivity contribution < 1.29 is 31.9 Å². The van der Waals surface area contributed by atoms with E-state index in [-0.39, 0.29) is 18.7 Å². The van der Waals surface area contributed by atoms with Gasteiger partial charge >= 0.3 is 17.8 Å². The summed E-state index contributed by atoms with van der Waals surface area (Å²) in [4.78, 5) is 31.8. The Morgan fingerprint density at radius 3 is 2.29 bits per heavy atom. The minimum Gasteiger partial charge on any atom is -0.475 e. The number of carboxylic acid groups (broad SMARTS) is 1. The van der Waals surface area contributed by atoms with E-state index >= 15 is 0 Å². The van der Waals surface area contributed by atoms with Gasteiger partial charge in [0, 0.05) is 44.2 Å². The van der Waals surface area contributed by atoms with Gasteiger partial charge in [-0.3, -0.25) is 0 Å². The Labute approximate surface area is 194 Å². The molecule has 0 saturated heterocycles. The van der Waals surface area contributed by atoms with Crippen LogP contribution in [0.4, 0.5) is 27.8 Å². The molecule has 35 heavy (non-hydrogen) atoms. The van der Waals surface area contributed by atoms with Crippen molar-refractivity contribution >= 4 is 11.8 Å². The number of hydrogen-bond acceptors (Lipinski definition) is 7. The van der Waals surface area contributed by atoms with E-state index in [1.807, 2.05) is 31.1 Å². The molecule has 0 amide bonds. The molecular weight excluding hydrogens is 481 g/mol. The molecule has 3 aromatic heterocycles. The summed E-state index contributed by atoms with van der Waals surface area (Å²) in [6.07, 6.45) is -2.46. The molecule has 0 spiro atoms. The standard InChI is InChI=1S/C18H19F2N7O.C2HF3O2/c1-25(2)15-4-3-13(9-23-15)12-5-6-22-16(7-12)26-11-24-27(18(26)28)10-14(8-21)17(19)20;3-2(4,5)1(6)7/h3-7,9,11H,8,10,21H2,1-2H3;(H,6,7). The number of aromatic nitrogens is 5. The van der Waals surface area contributed by atoms with E-state index in [1.54, 1.807) is 24.5 Å². The lowest BCUT2D eigenvalue weighted by atomic mass is 10.1. The van der Waals surface area contributed by atoms with E-state index in [2.05, 4.69) is 15.1 Å². The number of aliphatic carboxylic acids is 1. The van der Waals surface area contributed by atoms with Crippen molar-refractivity contribution in [2.75, 3.05) is 25.5 Å². The van der Waals surface area contributed by atoms with E-state index in [0.717, 1.165) is 21.6 Å². The predicted octanol–water partition coefficient (Wildman–Crippen LogP) is 2.30. The fourth-order valence-electron chi connectivity index (χ4n) is 2.54. The number of nitrogens with two attached hydrogens (primary N) is 1. The number of carbonyl (C=O) groups is 1. The molecule has 3 rings (SSSR count). The molecule has 3 aromatic rings. The molecule has 0 aromatic carbocycles. The quantitative estimate of drug-likeness (QED) is 0.492. The fourth-order valence-corrected chi connectivity index (χ4v) is 2.54. The summed E-state index contributed by atoms with van der Waals surface area (Å²) in [5.41, 5.74) is 6.02. The average Bonchev–Trinajstić information content (AvgIpc) is 3.17. The van der Waals surface area contributed by atoms with Gasteiger partial charge in [-0.15, -0.1) is 0 Å². The van der Waals surface area contributed by atoms with E-state index in [0.29, 0.717) is 5.82 Å². The summed E-state index contributed by atoms with van der Waals surface area (Å²) < 4.78 is 59.4. The van der Waals surface area contributed by atoms with Crippen LogP contribution in [0.15, 0.2) is 59.4 Å². The van der Waals surface area contributed by atoms with Crippen LogP contribution in [0.1, 0.15) is 0 Å². The largest absolute Gasteiger partial charge is 0.490 e. The normalized spacial score (nSPS) is 10.9. The topological polar surface area (TPSA) is 132 Å². The molecule has 188 valence electrons. The van der Waals surface area contributed by atoms with Gasteiger partial charge in [0.25, 0.3) is 6.08 Å². The summed E-state index contributed by atoms with van der Waals surface area (Å²) >= 11 is 0. The van der Waals surface area contributed by atoms with Gasteiger partial charge in [0.05, 0.1) is 6.54 Å². The van der Waals surface area contributed by atoms with Crippen LogP contribution in [-0.2, 0) is 11.3 Å². The number of carboxylic acids is 1. The highest BCUT2D eigenvalue weighted by atomic mass is 19.4.